The van der Waals surface area contributed by atoms with Crippen LogP contribution in [0.1, 0.15) is 18.0 Å². The Morgan fingerprint density at radius 2 is 1.89 bits per heavy atom. The van der Waals surface area contributed by atoms with Crippen LogP contribution in [0.15, 0.2) is 66.3 Å². The fourth-order valence-electron chi connectivity index (χ4n) is 4.22. The van der Waals surface area contributed by atoms with E-state index in [0.717, 1.165) is 12.1 Å². The highest BCUT2D eigenvalue weighted by molar-refractivity contribution is 7.08. The van der Waals surface area contributed by atoms with Gasteiger partial charge in [0.1, 0.15) is 0 Å². The van der Waals surface area contributed by atoms with Gasteiger partial charge in [-0.15, -0.1) is 11.3 Å². The highest BCUT2D eigenvalue weighted by atomic mass is 32.1. The van der Waals surface area contributed by atoms with Gasteiger partial charge in [-0.1, -0.05) is 24.3 Å². The Labute approximate surface area is 167 Å². The second kappa shape index (κ2) is 6.28. The summed E-state index contributed by atoms with van der Waals surface area (Å²) in [5, 5.41) is 4.83. The molecule has 3 aromatic heterocycles. The van der Waals surface area contributed by atoms with Gasteiger partial charge in [-0.3, -0.25) is 9.97 Å². The van der Waals surface area contributed by atoms with Gasteiger partial charge < -0.3 is 4.90 Å². The van der Waals surface area contributed by atoms with Crippen molar-refractivity contribution in [3.8, 4) is 11.1 Å². The number of aromatic nitrogens is 2. The topological polar surface area (TPSA) is 29.0 Å². The average Bonchev–Trinajstić information content (AvgIpc) is 3.45. The minimum absolute atomic E-state index is 0.527. The van der Waals surface area contributed by atoms with Crippen LogP contribution < -0.4 is 9.75 Å². The van der Waals surface area contributed by atoms with Crippen molar-refractivity contribution >= 4 is 34.5 Å². The summed E-state index contributed by atoms with van der Waals surface area (Å²) in [5.41, 5.74) is 4.87. The minimum Gasteiger partial charge on any atom is -0.369 e. The van der Waals surface area contributed by atoms with Crippen molar-refractivity contribution in [2.75, 3.05) is 6.54 Å². The molecule has 6 rings (SSSR count). The van der Waals surface area contributed by atoms with E-state index in [2.05, 4.69) is 76.1 Å². The summed E-state index contributed by atoms with van der Waals surface area (Å²) in [4.78, 5) is 11.6. The number of nitrogens with zero attached hydrogens (tertiary/aromatic N) is 3. The maximum atomic E-state index is 4.93. The molecule has 4 heteroatoms. The summed E-state index contributed by atoms with van der Waals surface area (Å²) in [5.74, 6) is 0.527. The van der Waals surface area contributed by atoms with Gasteiger partial charge in [-0.25, -0.2) is 0 Å². The molecule has 1 aliphatic heterocycles. The van der Waals surface area contributed by atoms with E-state index in [1.165, 1.54) is 38.4 Å². The van der Waals surface area contributed by atoms with Crippen LogP contribution in [0.3, 0.4) is 0 Å². The van der Waals surface area contributed by atoms with E-state index >= 15 is 0 Å². The number of hydrogen-bond acceptors (Lipinski definition) is 4. The second-order valence-corrected chi connectivity index (χ2v) is 8.44. The first-order valence-corrected chi connectivity index (χ1v) is 10.6. The first-order chi connectivity index (χ1) is 13.9. The van der Waals surface area contributed by atoms with Crippen LogP contribution in [0.5, 0.6) is 0 Å². The van der Waals surface area contributed by atoms with E-state index in [4.69, 9.17) is 4.98 Å². The van der Waals surface area contributed by atoms with E-state index in [1.54, 1.807) is 0 Å². The fourth-order valence-corrected chi connectivity index (χ4v) is 5.19. The van der Waals surface area contributed by atoms with E-state index in [9.17, 15) is 0 Å². The van der Waals surface area contributed by atoms with Crippen LogP contribution in [0, 0.1) is 0 Å². The van der Waals surface area contributed by atoms with Crippen molar-refractivity contribution in [3.63, 3.8) is 0 Å². The summed E-state index contributed by atoms with van der Waals surface area (Å²) in [6, 6.07) is 17.5. The third-order valence-electron chi connectivity index (χ3n) is 5.82. The molecule has 2 aliphatic rings. The Morgan fingerprint density at radius 3 is 2.82 bits per heavy atom. The lowest BCUT2D eigenvalue weighted by Crippen LogP contribution is -2.34. The normalized spacial score (nSPS) is 20.4. The number of fused-ring (bicyclic) bond motifs is 2. The van der Waals surface area contributed by atoms with Gasteiger partial charge in [0.15, 0.2) is 0 Å². The zero-order valence-electron chi connectivity index (χ0n) is 15.3. The molecule has 1 aliphatic carbocycles. The van der Waals surface area contributed by atoms with Crippen molar-refractivity contribution in [2.24, 2.45) is 0 Å². The Morgan fingerprint density at radius 1 is 1.00 bits per heavy atom. The van der Waals surface area contributed by atoms with Gasteiger partial charge in [0.05, 0.1) is 5.52 Å². The molecule has 1 aromatic carbocycles. The maximum absolute atomic E-state index is 4.93. The Kier molecular flexibility index (Phi) is 3.59. The van der Waals surface area contributed by atoms with Gasteiger partial charge in [0.25, 0.3) is 0 Å². The van der Waals surface area contributed by atoms with Crippen molar-refractivity contribution in [1.82, 2.24) is 14.9 Å². The molecule has 2 atom stereocenters. The summed E-state index contributed by atoms with van der Waals surface area (Å²) in [6.07, 6.45) is 9.65. The number of hydrogen-bond donors (Lipinski definition) is 0. The summed E-state index contributed by atoms with van der Waals surface area (Å²) < 4.78 is 1.38. The molecule has 3 nitrogen and oxygen atoms in total. The molecule has 0 N–H and O–H groups in total. The number of rotatable bonds is 3. The van der Waals surface area contributed by atoms with Crippen molar-refractivity contribution in [2.45, 2.75) is 18.4 Å². The third-order valence-corrected chi connectivity index (χ3v) is 6.81. The van der Waals surface area contributed by atoms with Gasteiger partial charge in [-0.2, -0.15) is 0 Å². The smallest absolute Gasteiger partial charge is 0.0705 e. The second-order valence-electron chi connectivity index (χ2n) is 7.53. The number of benzene rings is 1. The quantitative estimate of drug-likeness (QED) is 0.541. The third kappa shape index (κ3) is 2.64. The van der Waals surface area contributed by atoms with E-state index < -0.39 is 0 Å². The largest absolute Gasteiger partial charge is 0.369 e. The molecule has 0 saturated heterocycles. The zero-order chi connectivity index (χ0) is 18.5. The SMILES string of the molecule is C1=c2scc(-c3ccncc3)c2=CN(C2CC2c2ccc3ccccc3n2)C1. The molecule has 28 heavy (non-hydrogen) atoms. The molecule has 4 aromatic rings. The summed E-state index contributed by atoms with van der Waals surface area (Å²) in [7, 11) is 0. The van der Waals surface area contributed by atoms with Crippen LogP contribution >= 0.6 is 11.3 Å². The fraction of sp³-hybridized carbons (Fsp3) is 0.167. The Balaban J connectivity index is 1.32. The van der Waals surface area contributed by atoms with Crippen LogP contribution in [0.25, 0.3) is 34.3 Å². The van der Waals surface area contributed by atoms with E-state index in [1.807, 2.05) is 23.7 Å². The predicted molar refractivity (Wildman–Crippen MR) is 115 cm³/mol. The van der Waals surface area contributed by atoms with E-state index in [0.29, 0.717) is 12.0 Å². The van der Waals surface area contributed by atoms with Crippen molar-refractivity contribution in [1.29, 1.82) is 0 Å². The average molecular weight is 382 g/mol. The highest BCUT2D eigenvalue weighted by Gasteiger charge is 2.43. The van der Waals surface area contributed by atoms with Crippen molar-refractivity contribution < 1.29 is 0 Å². The molecule has 1 saturated carbocycles. The van der Waals surface area contributed by atoms with Gasteiger partial charge in [-0.05, 0) is 47.7 Å². The molecule has 1 fully saturated rings. The Bertz CT molecular complexity index is 1290. The van der Waals surface area contributed by atoms with Crippen LogP contribution in [-0.2, 0) is 0 Å². The van der Waals surface area contributed by atoms with E-state index in [-0.39, 0.29) is 0 Å². The molecule has 0 amide bonds. The highest BCUT2D eigenvalue weighted by Crippen LogP contribution is 2.44. The summed E-state index contributed by atoms with van der Waals surface area (Å²) in [6.45, 7) is 0.984. The lowest BCUT2D eigenvalue weighted by molar-refractivity contribution is 0.441. The van der Waals surface area contributed by atoms with Gasteiger partial charge in [0, 0.05) is 63.5 Å². The first kappa shape index (κ1) is 16.0. The molecular formula is C24H19N3S. The first-order valence-electron chi connectivity index (χ1n) is 9.68. The molecule has 0 bridgehead atoms. The molecule has 2 unspecified atom stereocenters. The number of para-hydroxylation sites is 1. The summed E-state index contributed by atoms with van der Waals surface area (Å²) >= 11 is 1.83. The molecule has 136 valence electrons. The molecule has 0 radical (unpaired) electrons. The lowest BCUT2D eigenvalue weighted by Gasteiger charge is -2.21. The molecule has 4 heterocycles. The van der Waals surface area contributed by atoms with Crippen LogP contribution in [0.4, 0.5) is 0 Å². The van der Waals surface area contributed by atoms with Gasteiger partial charge in [0.2, 0.25) is 0 Å². The molecular weight excluding hydrogens is 362 g/mol. The minimum atomic E-state index is 0.527. The number of thiophene rings is 1. The zero-order valence-corrected chi connectivity index (χ0v) is 16.1. The molecule has 0 spiro atoms. The van der Waals surface area contributed by atoms with Crippen molar-refractivity contribution in [3.05, 3.63) is 81.7 Å². The standard InChI is InChI=1S/C24H19N3S/c1-2-4-21-17(3-1)5-6-22(26-21)18-13-23(18)27-12-9-24-19(14-27)20(15-28-24)16-7-10-25-11-8-16/h1-11,14-15,18,23H,12-13H2. The van der Waals surface area contributed by atoms with Crippen LogP contribution in [-0.4, -0.2) is 27.5 Å². The van der Waals surface area contributed by atoms with Gasteiger partial charge >= 0.3 is 0 Å². The maximum Gasteiger partial charge on any atom is 0.0705 e. The monoisotopic (exact) mass is 381 g/mol. The van der Waals surface area contributed by atoms with Crippen LogP contribution in [0.2, 0.25) is 0 Å². The Hall–Kier alpha value is -2.98. The number of pyridine rings is 2. The predicted octanol–water partition coefficient (Wildman–Crippen LogP) is 3.75. The lowest BCUT2D eigenvalue weighted by atomic mass is 10.1.